The summed E-state index contributed by atoms with van der Waals surface area (Å²) in [6.45, 7) is 10.8. The van der Waals surface area contributed by atoms with Gasteiger partial charge in [0.25, 0.3) is 0 Å². The van der Waals surface area contributed by atoms with Crippen LogP contribution in [0.2, 0.25) is 0 Å². The van der Waals surface area contributed by atoms with Crippen molar-refractivity contribution in [2.45, 2.75) is 128 Å². The van der Waals surface area contributed by atoms with Crippen LogP contribution in [0.15, 0.2) is 66.9 Å². The minimum absolute atomic E-state index is 0.0677. The number of carbonyl (C=O) groups is 4. The fraction of sp³-hybridized carbons (Fsp3) is 0.612. The van der Waals surface area contributed by atoms with Crippen LogP contribution in [0.5, 0.6) is 0 Å². The van der Waals surface area contributed by atoms with E-state index in [0.29, 0.717) is 43.7 Å². The van der Waals surface area contributed by atoms with Gasteiger partial charge in [-0.05, 0) is 74.5 Å². The number of likely N-dealkylation sites (N-methyl/N-ethyl adjacent to an activating group) is 1. The highest BCUT2D eigenvalue weighted by Gasteiger charge is 2.48. The van der Waals surface area contributed by atoms with Crippen LogP contribution in [0.3, 0.4) is 0 Å². The van der Waals surface area contributed by atoms with E-state index in [4.69, 9.17) is 14.5 Å². The van der Waals surface area contributed by atoms with E-state index in [0.717, 1.165) is 48.9 Å². The number of nitrogens with one attached hydrogen (secondary N) is 4. The van der Waals surface area contributed by atoms with E-state index in [-0.39, 0.29) is 59.9 Å². The molecule has 2 saturated heterocycles. The van der Waals surface area contributed by atoms with Crippen molar-refractivity contribution in [2.24, 2.45) is 29.6 Å². The van der Waals surface area contributed by atoms with E-state index >= 15 is 0 Å². The molecule has 3 aliphatic rings. The second kappa shape index (κ2) is 21.7. The minimum atomic E-state index is -0.676. The third kappa shape index (κ3) is 10.9. The van der Waals surface area contributed by atoms with Gasteiger partial charge in [-0.25, -0.2) is 4.98 Å². The average molecular weight is 854 g/mol. The molecular formula is C49H71N7O6. The summed E-state index contributed by atoms with van der Waals surface area (Å²) in [6.07, 6.45) is 6.98. The maximum absolute atomic E-state index is 14.3. The number of likely N-dealkylation sites (tertiary alicyclic amines) is 2. The lowest BCUT2D eigenvalue weighted by molar-refractivity contribution is -0.143. The van der Waals surface area contributed by atoms with Crippen molar-refractivity contribution in [3.8, 4) is 11.3 Å². The van der Waals surface area contributed by atoms with Gasteiger partial charge in [0.15, 0.2) is 0 Å². The normalized spacial score (nSPS) is 23.3. The highest BCUT2D eigenvalue weighted by Crippen LogP contribution is 2.41. The van der Waals surface area contributed by atoms with Gasteiger partial charge in [0.05, 0.1) is 54.6 Å². The van der Waals surface area contributed by atoms with E-state index in [1.165, 1.54) is 0 Å². The van der Waals surface area contributed by atoms with Gasteiger partial charge in [0, 0.05) is 39.3 Å². The first-order valence-electron chi connectivity index (χ1n) is 22.9. The monoisotopic (exact) mass is 854 g/mol. The van der Waals surface area contributed by atoms with E-state index in [2.05, 4.69) is 39.7 Å². The van der Waals surface area contributed by atoms with Crippen molar-refractivity contribution in [1.82, 2.24) is 35.7 Å². The van der Waals surface area contributed by atoms with E-state index in [1.54, 1.807) is 20.4 Å². The fourth-order valence-corrected chi connectivity index (χ4v) is 10.3. The van der Waals surface area contributed by atoms with Crippen LogP contribution in [0.1, 0.15) is 97.0 Å². The van der Waals surface area contributed by atoms with Crippen molar-refractivity contribution >= 4 is 23.6 Å². The molecule has 338 valence electrons. The van der Waals surface area contributed by atoms with Crippen molar-refractivity contribution in [3.05, 3.63) is 78.2 Å². The predicted molar refractivity (Wildman–Crippen MR) is 241 cm³/mol. The van der Waals surface area contributed by atoms with Crippen LogP contribution in [-0.4, -0.2) is 114 Å². The van der Waals surface area contributed by atoms with Crippen molar-refractivity contribution < 1.29 is 28.7 Å². The van der Waals surface area contributed by atoms with Gasteiger partial charge in [-0.15, -0.1) is 0 Å². The van der Waals surface area contributed by atoms with E-state index < -0.39 is 30.2 Å². The molecule has 1 saturated carbocycles. The number of H-pyrrole nitrogens is 1. The number of hydrogen-bond acceptors (Lipinski definition) is 8. The molecule has 4 amide bonds. The zero-order valence-corrected chi connectivity index (χ0v) is 38.1. The predicted octanol–water partition coefficient (Wildman–Crippen LogP) is 5.93. The molecule has 3 fully saturated rings. The van der Waals surface area contributed by atoms with Crippen LogP contribution >= 0.6 is 0 Å². The Labute approximate surface area is 368 Å². The molecule has 3 unspecified atom stereocenters. The van der Waals surface area contributed by atoms with E-state index in [1.807, 2.05) is 93.4 Å². The highest BCUT2D eigenvalue weighted by atomic mass is 16.5. The molecule has 6 rings (SSSR count). The largest absolute Gasteiger partial charge is 0.381 e. The Morgan fingerprint density at radius 1 is 0.903 bits per heavy atom. The molecular weight excluding hydrogens is 783 g/mol. The topological polar surface area (TPSA) is 158 Å². The van der Waals surface area contributed by atoms with Crippen LogP contribution in [-0.2, 0) is 35.1 Å². The van der Waals surface area contributed by atoms with Gasteiger partial charge < -0.3 is 35.3 Å². The third-order valence-electron chi connectivity index (χ3n) is 14.3. The Morgan fingerprint density at radius 3 is 2.24 bits per heavy atom. The molecule has 3 aromatic rings. The van der Waals surface area contributed by atoms with Gasteiger partial charge in [0.1, 0.15) is 11.9 Å². The molecule has 11 atom stereocenters. The first-order valence-corrected chi connectivity index (χ1v) is 22.9. The molecule has 0 spiro atoms. The number of carbonyl (C=O) groups excluding carboxylic acids is 4. The number of fused-ring (bicyclic) bond motifs is 2. The lowest BCUT2D eigenvalue weighted by Crippen LogP contribution is -2.57. The zero-order valence-electron chi connectivity index (χ0n) is 38.1. The number of benzene rings is 2. The molecule has 2 bridgehead atoms. The molecule has 3 heterocycles. The number of methoxy groups -OCH3 is 2. The maximum Gasteiger partial charge on any atom is 0.242 e. The summed E-state index contributed by atoms with van der Waals surface area (Å²) >= 11 is 0. The number of piperidine rings is 1. The van der Waals surface area contributed by atoms with Gasteiger partial charge in [-0.1, -0.05) is 102 Å². The Hall–Kier alpha value is -4.59. The van der Waals surface area contributed by atoms with Gasteiger partial charge in [-0.3, -0.25) is 24.1 Å². The first-order chi connectivity index (χ1) is 29.8. The SMILES string of the molecule is CC[C@H](C)[C@@H](CNC(=O)[C@@H](NC(=O)C1C2CCC(C2)N1C)C(C)C)[C@@H](CC(=O)N1CCC[C@H]1[C@H](OC)[C@@H](C)C(=O)N[C@@H](Cc1ccccc1)c1ncc(-c2ccccc2)[nH]1)OC. The quantitative estimate of drug-likeness (QED) is 0.103. The fourth-order valence-electron chi connectivity index (χ4n) is 10.3. The average Bonchev–Trinajstić information content (AvgIpc) is 4.12. The molecule has 13 heteroatoms. The second-order valence-corrected chi connectivity index (χ2v) is 18.4. The van der Waals surface area contributed by atoms with Crippen LogP contribution in [0, 0.1) is 29.6 Å². The first kappa shape index (κ1) is 46.9. The summed E-state index contributed by atoms with van der Waals surface area (Å²) in [5.74, 6) is -0.273. The van der Waals surface area contributed by atoms with Crippen molar-refractivity contribution in [2.75, 3.05) is 34.4 Å². The molecule has 4 N–H and O–H groups in total. The van der Waals surface area contributed by atoms with Crippen molar-refractivity contribution in [3.63, 3.8) is 0 Å². The zero-order chi connectivity index (χ0) is 44.5. The summed E-state index contributed by atoms with van der Waals surface area (Å²) in [6, 6.07) is 18.8. The molecule has 2 aliphatic heterocycles. The summed E-state index contributed by atoms with van der Waals surface area (Å²) in [4.78, 5) is 68.1. The molecule has 2 aromatic carbocycles. The number of aromatic nitrogens is 2. The summed E-state index contributed by atoms with van der Waals surface area (Å²) < 4.78 is 12.2. The minimum Gasteiger partial charge on any atom is -0.381 e. The number of rotatable bonds is 21. The van der Waals surface area contributed by atoms with Crippen LogP contribution in [0.4, 0.5) is 0 Å². The Morgan fingerprint density at radius 2 is 1.61 bits per heavy atom. The van der Waals surface area contributed by atoms with Crippen LogP contribution in [0.25, 0.3) is 11.3 Å². The molecule has 0 radical (unpaired) electrons. The van der Waals surface area contributed by atoms with Gasteiger partial charge in [0.2, 0.25) is 23.6 Å². The Balaban J connectivity index is 1.10. The second-order valence-electron chi connectivity index (χ2n) is 18.4. The summed E-state index contributed by atoms with van der Waals surface area (Å²) in [5.41, 5.74) is 2.93. The molecule has 13 nitrogen and oxygen atoms in total. The van der Waals surface area contributed by atoms with Crippen molar-refractivity contribution in [1.29, 1.82) is 0 Å². The molecule has 1 aliphatic carbocycles. The Kier molecular flexibility index (Phi) is 16.4. The molecule has 1 aromatic heterocycles. The smallest absolute Gasteiger partial charge is 0.242 e. The number of hydrogen-bond donors (Lipinski definition) is 4. The lowest BCUT2D eigenvalue weighted by Gasteiger charge is -2.36. The number of imidazole rings is 1. The lowest BCUT2D eigenvalue weighted by atomic mass is 9.84. The number of amides is 4. The Bertz CT molecular complexity index is 1920. The third-order valence-corrected chi connectivity index (χ3v) is 14.3. The summed E-state index contributed by atoms with van der Waals surface area (Å²) in [5, 5.41) is 9.53. The molecule has 62 heavy (non-hydrogen) atoms. The standard InChI is InChI=1S/C49H71N7O6/c1-9-31(4)37(28-51-48(59)43(30(2)3)54-49(60)44-35-22-23-36(26-35)55(44)6)41(61-7)27-42(57)56-24-16-21-40(56)45(62-8)32(5)47(58)53-38(25-33-17-12-10-13-18-33)46-50-29-39(52-46)34-19-14-11-15-20-34/h10-15,17-20,29-32,35-38,40-41,43-45H,9,16,21-28H2,1-8H3,(H,50,52)(H,51,59)(H,53,58)(H,54,60)/t31-,32+,35?,36?,37+,38-,40-,41+,43-,44?,45+/m0/s1. The van der Waals surface area contributed by atoms with E-state index in [9.17, 15) is 19.2 Å². The highest BCUT2D eigenvalue weighted by molar-refractivity contribution is 5.90. The number of aromatic amines is 1. The van der Waals surface area contributed by atoms with Crippen LogP contribution < -0.4 is 16.0 Å². The summed E-state index contributed by atoms with van der Waals surface area (Å²) in [7, 11) is 5.25. The van der Waals surface area contributed by atoms with Gasteiger partial charge in [-0.2, -0.15) is 0 Å². The number of nitrogens with zero attached hydrogens (tertiary/aromatic N) is 3. The number of ether oxygens (including phenoxy) is 2. The van der Waals surface area contributed by atoms with Gasteiger partial charge >= 0.3 is 0 Å². The maximum atomic E-state index is 14.3.